The standard InChI is InChI=1S/C13H9NO2S/c15-13(16)10-8-14(12-6-3-7-17-12)11-5-2-1-4-9(10)11/h1-8H,(H,15,16). The molecule has 17 heavy (non-hydrogen) atoms. The normalized spacial score (nSPS) is 10.8. The van der Waals surface area contributed by atoms with Gasteiger partial charge in [0, 0.05) is 11.6 Å². The van der Waals surface area contributed by atoms with E-state index in [1.807, 2.05) is 46.3 Å². The van der Waals surface area contributed by atoms with Crippen LogP contribution < -0.4 is 0 Å². The molecule has 1 aromatic carbocycles. The van der Waals surface area contributed by atoms with E-state index in [0.29, 0.717) is 5.56 Å². The number of fused-ring (bicyclic) bond motifs is 1. The molecule has 0 atom stereocenters. The van der Waals surface area contributed by atoms with Crippen LogP contribution in [-0.4, -0.2) is 15.6 Å². The number of carbonyl (C=O) groups is 1. The number of carboxylic acid groups (broad SMARTS) is 1. The Hall–Kier alpha value is -2.07. The molecule has 3 aromatic rings. The minimum absolute atomic E-state index is 0.342. The Balaban J connectivity index is 2.37. The second kappa shape index (κ2) is 3.75. The van der Waals surface area contributed by atoms with Gasteiger partial charge in [-0.2, -0.15) is 0 Å². The van der Waals surface area contributed by atoms with Crippen molar-refractivity contribution in [1.29, 1.82) is 0 Å². The predicted molar refractivity (Wildman–Crippen MR) is 68.1 cm³/mol. The van der Waals surface area contributed by atoms with Gasteiger partial charge in [0.25, 0.3) is 0 Å². The van der Waals surface area contributed by atoms with Crippen LogP contribution in [0, 0.1) is 0 Å². The van der Waals surface area contributed by atoms with Gasteiger partial charge in [0.05, 0.1) is 16.1 Å². The van der Waals surface area contributed by atoms with Gasteiger partial charge in [0.2, 0.25) is 0 Å². The summed E-state index contributed by atoms with van der Waals surface area (Å²) in [7, 11) is 0. The van der Waals surface area contributed by atoms with Crippen molar-refractivity contribution in [1.82, 2.24) is 4.57 Å². The minimum Gasteiger partial charge on any atom is -0.478 e. The fraction of sp³-hybridized carbons (Fsp3) is 0. The first-order valence-electron chi connectivity index (χ1n) is 5.14. The van der Waals surface area contributed by atoms with Gasteiger partial charge in [0.15, 0.2) is 0 Å². The molecule has 3 nitrogen and oxygen atoms in total. The summed E-state index contributed by atoms with van der Waals surface area (Å²) in [6, 6.07) is 11.5. The van der Waals surface area contributed by atoms with Gasteiger partial charge < -0.3 is 9.67 Å². The summed E-state index contributed by atoms with van der Waals surface area (Å²) in [6.45, 7) is 0. The topological polar surface area (TPSA) is 42.2 Å². The number of aromatic nitrogens is 1. The molecule has 0 amide bonds. The Morgan fingerprint density at radius 3 is 2.71 bits per heavy atom. The number of carboxylic acids is 1. The van der Waals surface area contributed by atoms with Gasteiger partial charge in [-0.05, 0) is 23.6 Å². The average molecular weight is 243 g/mol. The zero-order valence-electron chi connectivity index (χ0n) is 8.83. The van der Waals surface area contributed by atoms with Gasteiger partial charge in [-0.15, -0.1) is 11.3 Å². The van der Waals surface area contributed by atoms with Crippen LogP contribution in [0.25, 0.3) is 15.9 Å². The number of para-hydroxylation sites is 1. The molecule has 2 aromatic heterocycles. The highest BCUT2D eigenvalue weighted by molar-refractivity contribution is 7.12. The lowest BCUT2D eigenvalue weighted by Gasteiger charge is -1.99. The lowest BCUT2D eigenvalue weighted by molar-refractivity contribution is 0.0699. The second-order valence-corrected chi connectivity index (χ2v) is 4.61. The average Bonchev–Trinajstić information content (AvgIpc) is 2.95. The number of aromatic carboxylic acids is 1. The summed E-state index contributed by atoms with van der Waals surface area (Å²) in [6.07, 6.45) is 1.68. The van der Waals surface area contributed by atoms with E-state index in [2.05, 4.69) is 0 Å². The van der Waals surface area contributed by atoms with Crippen LogP contribution in [0.15, 0.2) is 48.0 Å². The summed E-state index contributed by atoms with van der Waals surface area (Å²) < 4.78 is 1.92. The van der Waals surface area contributed by atoms with E-state index in [1.165, 1.54) is 0 Å². The summed E-state index contributed by atoms with van der Waals surface area (Å²) in [5.74, 6) is -0.892. The van der Waals surface area contributed by atoms with Crippen LogP contribution in [0.4, 0.5) is 0 Å². The summed E-state index contributed by atoms with van der Waals surface area (Å²) in [5.41, 5.74) is 1.27. The molecule has 0 radical (unpaired) electrons. The van der Waals surface area contributed by atoms with E-state index in [1.54, 1.807) is 17.5 Å². The monoisotopic (exact) mass is 243 g/mol. The maximum atomic E-state index is 11.2. The lowest BCUT2D eigenvalue weighted by atomic mass is 10.2. The molecule has 1 N–H and O–H groups in total. The quantitative estimate of drug-likeness (QED) is 0.749. The van der Waals surface area contributed by atoms with Crippen LogP contribution in [0.1, 0.15) is 10.4 Å². The first-order valence-corrected chi connectivity index (χ1v) is 6.02. The molecular weight excluding hydrogens is 234 g/mol. The molecule has 0 unspecified atom stereocenters. The van der Waals surface area contributed by atoms with Gasteiger partial charge in [-0.1, -0.05) is 18.2 Å². The summed E-state index contributed by atoms with van der Waals surface area (Å²) in [5, 5.41) is 13.0. The van der Waals surface area contributed by atoms with E-state index in [4.69, 9.17) is 0 Å². The Morgan fingerprint density at radius 2 is 2.00 bits per heavy atom. The summed E-state index contributed by atoms with van der Waals surface area (Å²) in [4.78, 5) is 11.2. The number of thiophene rings is 1. The van der Waals surface area contributed by atoms with Crippen LogP contribution >= 0.6 is 11.3 Å². The van der Waals surface area contributed by atoms with Crippen LogP contribution in [0.3, 0.4) is 0 Å². The van der Waals surface area contributed by atoms with Crippen LogP contribution in [-0.2, 0) is 0 Å². The van der Waals surface area contributed by atoms with Gasteiger partial charge >= 0.3 is 5.97 Å². The zero-order valence-corrected chi connectivity index (χ0v) is 9.65. The molecular formula is C13H9NO2S. The minimum atomic E-state index is -0.892. The number of hydrogen-bond donors (Lipinski definition) is 1. The summed E-state index contributed by atoms with van der Waals surface area (Å²) >= 11 is 1.59. The third-order valence-electron chi connectivity index (χ3n) is 2.69. The molecule has 0 aliphatic heterocycles. The fourth-order valence-electron chi connectivity index (χ4n) is 1.94. The number of hydrogen-bond acceptors (Lipinski definition) is 2. The Kier molecular flexibility index (Phi) is 2.23. The number of nitrogens with zero attached hydrogens (tertiary/aromatic N) is 1. The molecule has 0 aliphatic carbocycles. The fourth-order valence-corrected chi connectivity index (χ4v) is 2.66. The zero-order chi connectivity index (χ0) is 11.8. The molecule has 0 bridgehead atoms. The van der Waals surface area contributed by atoms with Crippen molar-refractivity contribution in [2.45, 2.75) is 0 Å². The third kappa shape index (κ3) is 1.54. The molecule has 0 saturated carbocycles. The Bertz CT molecular complexity index is 683. The first kappa shape index (κ1) is 10.1. The van der Waals surface area contributed by atoms with Crippen molar-refractivity contribution in [3.8, 4) is 5.00 Å². The second-order valence-electron chi connectivity index (χ2n) is 3.69. The van der Waals surface area contributed by atoms with Crippen molar-refractivity contribution in [2.24, 2.45) is 0 Å². The van der Waals surface area contributed by atoms with Crippen molar-refractivity contribution in [2.75, 3.05) is 0 Å². The van der Waals surface area contributed by atoms with Crippen molar-refractivity contribution in [3.63, 3.8) is 0 Å². The molecule has 4 heteroatoms. The highest BCUT2D eigenvalue weighted by Gasteiger charge is 2.14. The van der Waals surface area contributed by atoms with Crippen molar-refractivity contribution < 1.29 is 9.90 Å². The first-order chi connectivity index (χ1) is 8.27. The number of rotatable bonds is 2. The highest BCUT2D eigenvalue weighted by atomic mass is 32.1. The molecule has 0 spiro atoms. The van der Waals surface area contributed by atoms with Crippen molar-refractivity contribution in [3.05, 3.63) is 53.5 Å². The largest absolute Gasteiger partial charge is 0.478 e. The highest BCUT2D eigenvalue weighted by Crippen LogP contribution is 2.26. The van der Waals surface area contributed by atoms with Gasteiger partial charge in [-0.25, -0.2) is 4.79 Å². The van der Waals surface area contributed by atoms with Gasteiger partial charge in [-0.3, -0.25) is 0 Å². The molecule has 0 aliphatic rings. The van der Waals surface area contributed by atoms with Gasteiger partial charge in [0.1, 0.15) is 0 Å². The van der Waals surface area contributed by atoms with Crippen LogP contribution in [0.5, 0.6) is 0 Å². The number of benzene rings is 1. The lowest BCUT2D eigenvalue weighted by Crippen LogP contribution is -1.94. The molecule has 3 rings (SSSR count). The predicted octanol–water partition coefficient (Wildman–Crippen LogP) is 3.39. The maximum Gasteiger partial charge on any atom is 0.337 e. The molecule has 2 heterocycles. The Labute approximate surface area is 102 Å². The Morgan fingerprint density at radius 1 is 1.18 bits per heavy atom. The van der Waals surface area contributed by atoms with E-state index >= 15 is 0 Å². The molecule has 0 fully saturated rings. The van der Waals surface area contributed by atoms with E-state index in [9.17, 15) is 9.90 Å². The smallest absolute Gasteiger partial charge is 0.337 e. The maximum absolute atomic E-state index is 11.2. The van der Waals surface area contributed by atoms with E-state index in [0.717, 1.165) is 15.9 Å². The SMILES string of the molecule is O=C(O)c1cn(-c2cccs2)c2ccccc12. The third-order valence-corrected chi connectivity index (χ3v) is 3.55. The molecule has 84 valence electrons. The van der Waals surface area contributed by atoms with Crippen molar-refractivity contribution >= 4 is 28.2 Å². The van der Waals surface area contributed by atoms with E-state index in [-0.39, 0.29) is 0 Å². The van der Waals surface area contributed by atoms with E-state index < -0.39 is 5.97 Å². The molecule has 0 saturated heterocycles. The van der Waals surface area contributed by atoms with Crippen LogP contribution in [0.2, 0.25) is 0 Å².